The van der Waals surface area contributed by atoms with E-state index in [1.165, 1.54) is 5.56 Å². The Kier molecular flexibility index (Phi) is 6.21. The summed E-state index contributed by atoms with van der Waals surface area (Å²) in [5.74, 6) is 0. The number of nitrogens with one attached hydrogen (secondary N) is 2. The summed E-state index contributed by atoms with van der Waals surface area (Å²) in [6.45, 7) is 2.15. The van der Waals surface area contributed by atoms with Crippen LogP contribution in [-0.2, 0) is 6.42 Å². The fraction of sp³-hybridized carbons (Fsp3) is 0.235. The Balaban J connectivity index is 1.75. The normalized spacial score (nSPS) is 11.7. The molecule has 0 amide bonds. The van der Waals surface area contributed by atoms with E-state index >= 15 is 0 Å². The number of rotatable bonds is 5. The second-order valence-corrected chi connectivity index (χ2v) is 6.35. The predicted octanol–water partition coefficient (Wildman–Crippen LogP) is 4.76. The number of aryl methyl sites for hydroxylation is 1. The largest absolute Gasteiger partial charge is 0.360 e. The van der Waals surface area contributed by atoms with Crippen LogP contribution < -0.4 is 10.6 Å². The lowest BCUT2D eigenvalue weighted by Gasteiger charge is -2.17. The van der Waals surface area contributed by atoms with Crippen molar-refractivity contribution in [3.63, 3.8) is 0 Å². The molecule has 0 spiro atoms. The average Bonchev–Trinajstić information content (AvgIpc) is 2.48. The van der Waals surface area contributed by atoms with E-state index in [4.69, 9.17) is 12.2 Å². The summed E-state index contributed by atoms with van der Waals surface area (Å²) < 4.78 is 1.06. The molecular weight excluding hydrogens is 344 g/mol. The van der Waals surface area contributed by atoms with Gasteiger partial charge in [-0.25, -0.2) is 0 Å². The number of hydrogen-bond acceptors (Lipinski definition) is 1. The van der Waals surface area contributed by atoms with Crippen LogP contribution in [0.4, 0.5) is 5.69 Å². The molecule has 110 valence electrons. The first-order valence-electron chi connectivity index (χ1n) is 7.00. The Morgan fingerprint density at radius 1 is 1.10 bits per heavy atom. The number of thiocarbonyl (C=S) groups is 1. The minimum atomic E-state index is 0.334. The van der Waals surface area contributed by atoms with Crippen molar-refractivity contribution < 1.29 is 0 Å². The Labute approximate surface area is 140 Å². The summed E-state index contributed by atoms with van der Waals surface area (Å²) in [5.41, 5.74) is 2.35. The van der Waals surface area contributed by atoms with E-state index in [9.17, 15) is 0 Å². The lowest BCUT2D eigenvalue weighted by atomic mass is 10.1. The van der Waals surface area contributed by atoms with Crippen molar-refractivity contribution in [2.24, 2.45) is 0 Å². The fourth-order valence-electron chi connectivity index (χ4n) is 2.02. The van der Waals surface area contributed by atoms with Crippen LogP contribution >= 0.6 is 28.1 Å². The van der Waals surface area contributed by atoms with Crippen molar-refractivity contribution in [2.75, 3.05) is 5.32 Å². The van der Waals surface area contributed by atoms with Gasteiger partial charge in [0.2, 0.25) is 0 Å². The van der Waals surface area contributed by atoms with Crippen molar-refractivity contribution in [3.05, 3.63) is 64.6 Å². The zero-order valence-electron chi connectivity index (χ0n) is 12.0. The summed E-state index contributed by atoms with van der Waals surface area (Å²) in [6.07, 6.45) is 2.10. The molecule has 0 fully saturated rings. The first kappa shape index (κ1) is 16.0. The molecule has 2 nitrogen and oxygen atoms in total. The molecule has 2 N–H and O–H groups in total. The second-order valence-electron chi connectivity index (χ2n) is 5.03. The topological polar surface area (TPSA) is 24.1 Å². The highest BCUT2D eigenvalue weighted by atomic mass is 79.9. The summed E-state index contributed by atoms with van der Waals surface area (Å²) in [5, 5.41) is 7.18. The molecule has 0 unspecified atom stereocenters. The maximum absolute atomic E-state index is 5.34. The van der Waals surface area contributed by atoms with Gasteiger partial charge in [0, 0.05) is 16.2 Å². The van der Waals surface area contributed by atoms with Crippen LogP contribution in [0.3, 0.4) is 0 Å². The van der Waals surface area contributed by atoms with Gasteiger partial charge in [-0.1, -0.05) is 46.3 Å². The first-order valence-corrected chi connectivity index (χ1v) is 8.20. The molecule has 1 atom stereocenters. The van der Waals surface area contributed by atoms with E-state index in [1.54, 1.807) is 0 Å². The van der Waals surface area contributed by atoms with Crippen LogP contribution in [-0.4, -0.2) is 11.2 Å². The minimum absolute atomic E-state index is 0.334. The molecule has 2 aromatic carbocycles. The lowest BCUT2D eigenvalue weighted by Crippen LogP contribution is -2.36. The third kappa shape index (κ3) is 5.86. The Morgan fingerprint density at radius 3 is 2.43 bits per heavy atom. The van der Waals surface area contributed by atoms with E-state index in [1.807, 2.05) is 30.3 Å². The van der Waals surface area contributed by atoms with Crippen LogP contribution in [0.5, 0.6) is 0 Å². The summed E-state index contributed by atoms with van der Waals surface area (Å²) in [6, 6.07) is 18.8. The van der Waals surface area contributed by atoms with Gasteiger partial charge in [-0.3, -0.25) is 0 Å². The minimum Gasteiger partial charge on any atom is -0.360 e. The van der Waals surface area contributed by atoms with Gasteiger partial charge in [0.1, 0.15) is 0 Å². The lowest BCUT2D eigenvalue weighted by molar-refractivity contribution is 0.609. The summed E-state index contributed by atoms with van der Waals surface area (Å²) in [4.78, 5) is 0. The third-order valence-electron chi connectivity index (χ3n) is 3.19. The molecule has 0 aromatic heterocycles. The molecule has 0 aliphatic rings. The molecule has 0 saturated carbocycles. The highest BCUT2D eigenvalue weighted by Crippen LogP contribution is 2.14. The molecule has 2 aromatic rings. The number of anilines is 1. The SMILES string of the molecule is C[C@@H](CCc1ccccc1)NC(=S)Nc1ccc(Br)cc1. The molecule has 0 aliphatic carbocycles. The summed E-state index contributed by atoms with van der Waals surface area (Å²) in [7, 11) is 0. The second kappa shape index (κ2) is 8.15. The van der Waals surface area contributed by atoms with Gasteiger partial charge < -0.3 is 10.6 Å². The Morgan fingerprint density at radius 2 is 1.76 bits per heavy atom. The zero-order valence-corrected chi connectivity index (χ0v) is 14.4. The summed E-state index contributed by atoms with van der Waals surface area (Å²) >= 11 is 8.76. The van der Waals surface area contributed by atoms with Crippen LogP contribution in [0, 0.1) is 0 Å². The third-order valence-corrected chi connectivity index (χ3v) is 3.94. The van der Waals surface area contributed by atoms with Crippen molar-refractivity contribution >= 4 is 38.9 Å². The molecule has 21 heavy (non-hydrogen) atoms. The van der Waals surface area contributed by atoms with Gasteiger partial charge in [-0.15, -0.1) is 0 Å². The van der Waals surface area contributed by atoms with Gasteiger partial charge in [0.25, 0.3) is 0 Å². The molecule has 0 aliphatic heterocycles. The Bertz CT molecular complexity index is 569. The van der Waals surface area contributed by atoms with Crippen molar-refractivity contribution in [3.8, 4) is 0 Å². The molecule has 0 saturated heterocycles. The van der Waals surface area contributed by atoms with Gasteiger partial charge in [-0.05, 0) is 61.8 Å². The molecular formula is C17H19BrN2S. The Hall–Kier alpha value is -1.39. The van der Waals surface area contributed by atoms with Crippen molar-refractivity contribution in [1.82, 2.24) is 5.32 Å². The van der Waals surface area contributed by atoms with Gasteiger partial charge >= 0.3 is 0 Å². The van der Waals surface area contributed by atoms with E-state index in [0.29, 0.717) is 11.2 Å². The maximum Gasteiger partial charge on any atom is 0.170 e. The number of benzene rings is 2. The van der Waals surface area contributed by atoms with Gasteiger partial charge in [0.15, 0.2) is 5.11 Å². The first-order chi connectivity index (χ1) is 10.1. The average molecular weight is 363 g/mol. The van der Waals surface area contributed by atoms with Crippen molar-refractivity contribution in [2.45, 2.75) is 25.8 Å². The zero-order chi connectivity index (χ0) is 15.1. The number of hydrogen-bond donors (Lipinski definition) is 2. The monoisotopic (exact) mass is 362 g/mol. The van der Waals surface area contributed by atoms with Crippen LogP contribution in [0.1, 0.15) is 18.9 Å². The van der Waals surface area contributed by atoms with Crippen LogP contribution in [0.15, 0.2) is 59.1 Å². The van der Waals surface area contributed by atoms with Gasteiger partial charge in [-0.2, -0.15) is 0 Å². The highest BCUT2D eigenvalue weighted by molar-refractivity contribution is 9.10. The molecule has 0 radical (unpaired) electrons. The van der Waals surface area contributed by atoms with E-state index < -0.39 is 0 Å². The molecule has 0 bridgehead atoms. The van der Waals surface area contributed by atoms with E-state index in [2.05, 4.69) is 57.8 Å². The standard InChI is InChI=1S/C17H19BrN2S/c1-13(7-8-14-5-3-2-4-6-14)19-17(21)20-16-11-9-15(18)10-12-16/h2-6,9-13H,7-8H2,1H3,(H2,19,20,21)/t13-/m0/s1. The maximum atomic E-state index is 5.34. The quantitative estimate of drug-likeness (QED) is 0.750. The van der Waals surface area contributed by atoms with Crippen LogP contribution in [0.25, 0.3) is 0 Å². The molecule has 2 rings (SSSR count). The van der Waals surface area contributed by atoms with Crippen molar-refractivity contribution in [1.29, 1.82) is 0 Å². The van der Waals surface area contributed by atoms with Gasteiger partial charge in [0.05, 0.1) is 0 Å². The smallest absolute Gasteiger partial charge is 0.170 e. The van der Waals surface area contributed by atoms with E-state index in [-0.39, 0.29) is 0 Å². The fourth-order valence-corrected chi connectivity index (χ4v) is 2.61. The van der Waals surface area contributed by atoms with Crippen LogP contribution in [0.2, 0.25) is 0 Å². The van der Waals surface area contributed by atoms with E-state index in [0.717, 1.165) is 23.0 Å². The predicted molar refractivity (Wildman–Crippen MR) is 97.7 cm³/mol. The molecule has 0 heterocycles. The number of halogens is 1. The molecule has 4 heteroatoms. The highest BCUT2D eigenvalue weighted by Gasteiger charge is 2.05.